The fraction of sp³-hybridized carbons (Fsp3) is 0.500. The lowest BCUT2D eigenvalue weighted by atomic mass is 10.1. The molecule has 0 heterocycles. The van der Waals surface area contributed by atoms with Crippen molar-refractivity contribution < 1.29 is 14.6 Å². The molecule has 1 aromatic carbocycles. The zero-order chi connectivity index (χ0) is 13.1. The van der Waals surface area contributed by atoms with Crippen molar-refractivity contribution in [2.75, 3.05) is 26.4 Å². The van der Waals surface area contributed by atoms with Crippen molar-refractivity contribution in [2.24, 2.45) is 0 Å². The minimum atomic E-state index is 0.0451. The topological polar surface area (TPSA) is 58.6 Å². The van der Waals surface area contributed by atoms with Gasteiger partial charge in [-0.3, -0.25) is 4.79 Å². The number of amides is 1. The van der Waals surface area contributed by atoms with Crippen LogP contribution in [0.4, 0.5) is 0 Å². The Balaban J connectivity index is 2.01. The summed E-state index contributed by atoms with van der Waals surface area (Å²) in [5, 5.41) is 11.3. The van der Waals surface area contributed by atoms with Gasteiger partial charge in [-0.05, 0) is 18.4 Å². The Bertz CT molecular complexity index is 327. The predicted octanol–water partition coefficient (Wildman–Crippen LogP) is 1.13. The molecule has 1 amide bonds. The number of aliphatic hydroxyl groups is 1. The summed E-state index contributed by atoms with van der Waals surface area (Å²) >= 11 is 0. The Morgan fingerprint density at radius 1 is 1.22 bits per heavy atom. The highest BCUT2D eigenvalue weighted by Gasteiger charge is 2.01. The molecule has 0 aliphatic carbocycles. The van der Waals surface area contributed by atoms with Gasteiger partial charge in [0, 0.05) is 19.6 Å². The molecule has 1 aromatic rings. The van der Waals surface area contributed by atoms with Crippen LogP contribution >= 0.6 is 0 Å². The van der Waals surface area contributed by atoms with Crippen LogP contribution in [-0.4, -0.2) is 37.4 Å². The first-order valence-electron chi connectivity index (χ1n) is 6.32. The number of ether oxygens (including phenoxy) is 1. The van der Waals surface area contributed by atoms with Crippen LogP contribution in [-0.2, 0) is 16.0 Å². The Morgan fingerprint density at radius 3 is 2.72 bits per heavy atom. The Kier molecular flexibility index (Phi) is 7.84. The van der Waals surface area contributed by atoms with Gasteiger partial charge >= 0.3 is 0 Å². The number of hydrogen-bond acceptors (Lipinski definition) is 3. The second kappa shape index (κ2) is 9.62. The van der Waals surface area contributed by atoms with Crippen molar-refractivity contribution in [2.45, 2.75) is 19.3 Å². The van der Waals surface area contributed by atoms with Crippen LogP contribution in [0.1, 0.15) is 18.4 Å². The largest absolute Gasteiger partial charge is 0.394 e. The molecule has 0 saturated carbocycles. The fourth-order valence-corrected chi connectivity index (χ4v) is 1.56. The molecule has 0 radical (unpaired) electrons. The monoisotopic (exact) mass is 251 g/mol. The molecule has 4 heteroatoms. The Hall–Kier alpha value is -1.39. The molecule has 0 atom stereocenters. The number of carbonyl (C=O) groups is 1. The van der Waals surface area contributed by atoms with E-state index in [0.717, 1.165) is 12.8 Å². The second-order valence-corrected chi connectivity index (χ2v) is 4.03. The highest BCUT2D eigenvalue weighted by Crippen LogP contribution is 2.01. The molecule has 0 aromatic heterocycles. The van der Waals surface area contributed by atoms with E-state index in [-0.39, 0.29) is 12.5 Å². The lowest BCUT2D eigenvalue weighted by Gasteiger charge is -2.05. The molecule has 4 nitrogen and oxygen atoms in total. The first-order valence-corrected chi connectivity index (χ1v) is 6.32. The maximum Gasteiger partial charge on any atom is 0.220 e. The number of hydrogen-bond donors (Lipinski definition) is 2. The van der Waals surface area contributed by atoms with E-state index in [1.165, 1.54) is 5.56 Å². The highest BCUT2D eigenvalue weighted by atomic mass is 16.5. The van der Waals surface area contributed by atoms with Crippen molar-refractivity contribution in [3.05, 3.63) is 35.9 Å². The summed E-state index contributed by atoms with van der Waals surface area (Å²) in [6.07, 6.45) is 2.06. The van der Waals surface area contributed by atoms with Crippen LogP contribution in [0, 0.1) is 0 Å². The normalized spacial score (nSPS) is 10.3. The van der Waals surface area contributed by atoms with E-state index in [1.807, 2.05) is 30.3 Å². The van der Waals surface area contributed by atoms with E-state index in [0.29, 0.717) is 26.2 Å². The summed E-state index contributed by atoms with van der Waals surface area (Å²) in [4.78, 5) is 11.5. The van der Waals surface area contributed by atoms with E-state index in [1.54, 1.807) is 0 Å². The van der Waals surface area contributed by atoms with Gasteiger partial charge in [0.05, 0.1) is 13.2 Å². The summed E-state index contributed by atoms with van der Waals surface area (Å²) in [6, 6.07) is 9.97. The SMILES string of the molecule is O=C(CCc1ccccc1)NCCCOCCO. The number of benzene rings is 1. The molecule has 0 saturated heterocycles. The van der Waals surface area contributed by atoms with Gasteiger partial charge in [-0.1, -0.05) is 30.3 Å². The lowest BCUT2D eigenvalue weighted by molar-refractivity contribution is -0.121. The van der Waals surface area contributed by atoms with Gasteiger partial charge in [0.25, 0.3) is 0 Å². The average Bonchev–Trinajstić information content (AvgIpc) is 2.41. The average molecular weight is 251 g/mol. The maximum atomic E-state index is 11.5. The summed E-state index contributed by atoms with van der Waals surface area (Å²) in [5.74, 6) is 0.0704. The summed E-state index contributed by atoms with van der Waals surface area (Å²) < 4.78 is 5.09. The molecule has 0 fully saturated rings. The van der Waals surface area contributed by atoms with Gasteiger partial charge in [-0.15, -0.1) is 0 Å². The number of rotatable bonds is 9. The van der Waals surface area contributed by atoms with E-state index >= 15 is 0 Å². The van der Waals surface area contributed by atoms with Crippen LogP contribution in [0.2, 0.25) is 0 Å². The minimum Gasteiger partial charge on any atom is -0.394 e. The molecule has 2 N–H and O–H groups in total. The number of nitrogens with one attached hydrogen (secondary N) is 1. The van der Waals surface area contributed by atoms with Gasteiger partial charge in [0.2, 0.25) is 5.91 Å². The molecule has 100 valence electrons. The van der Waals surface area contributed by atoms with Gasteiger partial charge in [-0.25, -0.2) is 0 Å². The molecule has 18 heavy (non-hydrogen) atoms. The molecular formula is C14H21NO3. The molecular weight excluding hydrogens is 230 g/mol. The van der Waals surface area contributed by atoms with Gasteiger partial charge in [-0.2, -0.15) is 0 Å². The van der Waals surface area contributed by atoms with Crippen molar-refractivity contribution in [3.63, 3.8) is 0 Å². The van der Waals surface area contributed by atoms with Crippen molar-refractivity contribution in [1.29, 1.82) is 0 Å². The molecule has 0 aliphatic heterocycles. The van der Waals surface area contributed by atoms with Gasteiger partial charge in [0.15, 0.2) is 0 Å². The first kappa shape index (κ1) is 14.7. The molecule has 1 rings (SSSR count). The third kappa shape index (κ3) is 7.04. The van der Waals surface area contributed by atoms with Crippen LogP contribution < -0.4 is 5.32 Å². The third-order valence-corrected chi connectivity index (χ3v) is 2.51. The molecule has 0 spiro atoms. The number of aryl methyl sites for hydroxylation is 1. The second-order valence-electron chi connectivity index (χ2n) is 4.03. The third-order valence-electron chi connectivity index (χ3n) is 2.51. The van der Waals surface area contributed by atoms with E-state index in [2.05, 4.69) is 5.32 Å². The quantitative estimate of drug-likeness (QED) is 0.647. The van der Waals surface area contributed by atoms with Crippen LogP contribution in [0.15, 0.2) is 30.3 Å². The lowest BCUT2D eigenvalue weighted by Crippen LogP contribution is -2.25. The Morgan fingerprint density at radius 2 is 2.00 bits per heavy atom. The first-order chi connectivity index (χ1) is 8.83. The molecule has 0 bridgehead atoms. The smallest absolute Gasteiger partial charge is 0.220 e. The van der Waals surface area contributed by atoms with Crippen molar-refractivity contribution in [1.82, 2.24) is 5.32 Å². The molecule has 0 unspecified atom stereocenters. The Labute approximate surface area is 108 Å². The van der Waals surface area contributed by atoms with E-state index < -0.39 is 0 Å². The van der Waals surface area contributed by atoms with Crippen molar-refractivity contribution in [3.8, 4) is 0 Å². The fourth-order valence-electron chi connectivity index (χ4n) is 1.56. The highest BCUT2D eigenvalue weighted by molar-refractivity contribution is 5.76. The summed E-state index contributed by atoms with van der Waals surface area (Å²) in [7, 11) is 0. The van der Waals surface area contributed by atoms with Crippen molar-refractivity contribution >= 4 is 5.91 Å². The maximum absolute atomic E-state index is 11.5. The van der Waals surface area contributed by atoms with E-state index in [4.69, 9.17) is 9.84 Å². The predicted molar refractivity (Wildman–Crippen MR) is 70.3 cm³/mol. The minimum absolute atomic E-state index is 0.0451. The standard InChI is InChI=1S/C14H21NO3/c16-10-12-18-11-4-9-15-14(17)8-7-13-5-2-1-3-6-13/h1-3,5-6,16H,4,7-12H2,(H,15,17). The van der Waals surface area contributed by atoms with Crippen LogP contribution in [0.25, 0.3) is 0 Å². The summed E-state index contributed by atoms with van der Waals surface area (Å²) in [6.45, 7) is 1.60. The molecule has 0 aliphatic rings. The number of aliphatic hydroxyl groups excluding tert-OH is 1. The zero-order valence-corrected chi connectivity index (χ0v) is 10.6. The summed E-state index contributed by atoms with van der Waals surface area (Å²) in [5.41, 5.74) is 1.18. The van der Waals surface area contributed by atoms with E-state index in [9.17, 15) is 4.79 Å². The van der Waals surface area contributed by atoms with Gasteiger partial charge in [0.1, 0.15) is 0 Å². The van der Waals surface area contributed by atoms with Crippen LogP contribution in [0.3, 0.4) is 0 Å². The van der Waals surface area contributed by atoms with Gasteiger partial charge < -0.3 is 15.2 Å². The number of carbonyl (C=O) groups excluding carboxylic acids is 1. The zero-order valence-electron chi connectivity index (χ0n) is 10.6. The van der Waals surface area contributed by atoms with Crippen LogP contribution in [0.5, 0.6) is 0 Å².